The molecule has 1 fully saturated rings. The summed E-state index contributed by atoms with van der Waals surface area (Å²) in [7, 11) is 0. The second kappa shape index (κ2) is 7.82. The average molecular weight is 453 g/mol. The molecule has 1 saturated heterocycles. The first-order valence-corrected chi connectivity index (χ1v) is 10.0. The summed E-state index contributed by atoms with van der Waals surface area (Å²) in [5.74, 6) is 0.722. The number of aliphatic hydroxyl groups is 3. The normalized spacial score (nSPS) is 25.3. The Morgan fingerprint density at radius 1 is 1.11 bits per heavy atom. The van der Waals surface area contributed by atoms with Gasteiger partial charge in [-0.25, -0.2) is 15.0 Å². The summed E-state index contributed by atoms with van der Waals surface area (Å²) in [5.41, 5.74) is 2.24. The van der Waals surface area contributed by atoms with Gasteiger partial charge in [0.2, 0.25) is 0 Å². The maximum Gasteiger partial charge on any atom is 0.166 e. The van der Waals surface area contributed by atoms with Gasteiger partial charge in [0.1, 0.15) is 35.2 Å². The van der Waals surface area contributed by atoms with Gasteiger partial charge in [0.25, 0.3) is 0 Å². The zero-order valence-electron chi connectivity index (χ0n) is 14.0. The first-order chi connectivity index (χ1) is 13.1. The highest BCUT2D eigenvalue weighted by atomic mass is 79.9. The van der Waals surface area contributed by atoms with Gasteiger partial charge in [-0.3, -0.25) is 4.57 Å². The zero-order chi connectivity index (χ0) is 19.0. The summed E-state index contributed by atoms with van der Waals surface area (Å²) in [4.78, 5) is 13.0. The number of halogens is 1. The molecule has 3 heterocycles. The van der Waals surface area contributed by atoms with E-state index in [1.807, 2.05) is 24.3 Å². The second-order valence-electron chi connectivity index (χ2n) is 6.15. The lowest BCUT2D eigenvalue weighted by atomic mass is 10.1. The molecule has 0 amide bonds. The minimum Gasteiger partial charge on any atom is -0.394 e. The third kappa shape index (κ3) is 3.60. The molecule has 3 aromatic rings. The highest BCUT2D eigenvalue weighted by Gasteiger charge is 2.44. The molecule has 3 N–H and O–H groups in total. The summed E-state index contributed by atoms with van der Waals surface area (Å²) < 4.78 is 8.15. The number of hydrogen-bond donors (Lipinski definition) is 3. The molecular weight excluding hydrogens is 436 g/mol. The van der Waals surface area contributed by atoms with E-state index in [4.69, 9.17) is 4.74 Å². The van der Waals surface area contributed by atoms with Crippen LogP contribution in [0.2, 0.25) is 0 Å². The quantitative estimate of drug-likeness (QED) is 0.394. The van der Waals surface area contributed by atoms with Crippen molar-refractivity contribution in [1.82, 2.24) is 19.5 Å². The molecule has 1 aliphatic rings. The van der Waals surface area contributed by atoms with Gasteiger partial charge in [-0.05, 0) is 17.7 Å². The van der Waals surface area contributed by atoms with Crippen LogP contribution in [0.5, 0.6) is 0 Å². The SMILES string of the molecule is OC[C@H]1O[C@@H](n2cnc3c(SCc4ccc(Br)cc4)ncnc32)[C@H](O)[C@@H]1O. The number of ether oxygens (including phenoxy) is 1. The molecular formula is C17H17BrN4O4S. The third-order valence-electron chi connectivity index (χ3n) is 4.41. The van der Waals surface area contributed by atoms with Crippen molar-refractivity contribution in [3.05, 3.63) is 47.0 Å². The van der Waals surface area contributed by atoms with Crippen molar-refractivity contribution in [2.45, 2.75) is 35.3 Å². The van der Waals surface area contributed by atoms with Crippen LogP contribution in [0.4, 0.5) is 0 Å². The summed E-state index contributed by atoms with van der Waals surface area (Å²) in [5, 5.41) is 30.2. The number of rotatable bonds is 5. The zero-order valence-corrected chi connectivity index (χ0v) is 16.4. The van der Waals surface area contributed by atoms with Gasteiger partial charge in [-0.2, -0.15) is 0 Å². The third-order valence-corrected chi connectivity index (χ3v) is 5.98. The fourth-order valence-electron chi connectivity index (χ4n) is 2.96. The highest BCUT2D eigenvalue weighted by Crippen LogP contribution is 2.33. The highest BCUT2D eigenvalue weighted by molar-refractivity contribution is 9.10. The molecule has 0 radical (unpaired) electrons. The predicted molar refractivity (Wildman–Crippen MR) is 102 cm³/mol. The number of fused-ring (bicyclic) bond motifs is 1. The Morgan fingerprint density at radius 3 is 2.59 bits per heavy atom. The van der Waals surface area contributed by atoms with Gasteiger partial charge >= 0.3 is 0 Å². The largest absolute Gasteiger partial charge is 0.394 e. The van der Waals surface area contributed by atoms with Crippen LogP contribution >= 0.6 is 27.7 Å². The molecule has 0 unspecified atom stereocenters. The maximum atomic E-state index is 10.2. The van der Waals surface area contributed by atoms with Crippen molar-refractivity contribution in [1.29, 1.82) is 0 Å². The molecule has 8 nitrogen and oxygen atoms in total. The Morgan fingerprint density at radius 2 is 1.89 bits per heavy atom. The first-order valence-electron chi connectivity index (χ1n) is 8.25. The molecule has 0 spiro atoms. The molecule has 27 heavy (non-hydrogen) atoms. The fourth-order valence-corrected chi connectivity index (χ4v) is 4.13. The monoisotopic (exact) mass is 452 g/mol. The summed E-state index contributed by atoms with van der Waals surface area (Å²) >= 11 is 4.96. The van der Waals surface area contributed by atoms with Crippen molar-refractivity contribution in [2.24, 2.45) is 0 Å². The Bertz CT molecular complexity index is 938. The van der Waals surface area contributed by atoms with Crippen LogP contribution in [0.1, 0.15) is 11.8 Å². The van der Waals surface area contributed by atoms with Crippen molar-refractivity contribution < 1.29 is 20.1 Å². The smallest absolute Gasteiger partial charge is 0.166 e. The van der Waals surface area contributed by atoms with Crippen molar-refractivity contribution in [3.63, 3.8) is 0 Å². The number of hydrogen-bond acceptors (Lipinski definition) is 8. The number of imidazole rings is 1. The van der Waals surface area contributed by atoms with Gasteiger partial charge in [-0.1, -0.05) is 39.8 Å². The van der Waals surface area contributed by atoms with Crippen LogP contribution < -0.4 is 0 Å². The fraction of sp³-hybridized carbons (Fsp3) is 0.353. The van der Waals surface area contributed by atoms with E-state index in [1.54, 1.807) is 4.57 Å². The molecule has 0 saturated carbocycles. The summed E-state index contributed by atoms with van der Waals surface area (Å²) in [6.45, 7) is -0.384. The van der Waals surface area contributed by atoms with Crippen LogP contribution in [-0.2, 0) is 10.5 Å². The van der Waals surface area contributed by atoms with Crippen molar-refractivity contribution >= 4 is 38.9 Å². The number of nitrogens with zero attached hydrogens (tertiary/aromatic N) is 4. The lowest BCUT2D eigenvalue weighted by molar-refractivity contribution is -0.0511. The lowest BCUT2D eigenvalue weighted by Crippen LogP contribution is -2.33. The van der Waals surface area contributed by atoms with E-state index in [1.165, 1.54) is 24.4 Å². The summed E-state index contributed by atoms with van der Waals surface area (Å²) in [6, 6.07) is 8.05. The molecule has 1 aromatic carbocycles. The van der Waals surface area contributed by atoms with Gasteiger partial charge in [0.15, 0.2) is 11.9 Å². The molecule has 142 valence electrons. The van der Waals surface area contributed by atoms with E-state index in [0.717, 1.165) is 15.8 Å². The standard InChI is InChI=1S/C17H17BrN4O4S/c18-10-3-1-9(2-4-10)6-27-16-12-15(19-7-20-16)22(8-21-12)17-14(25)13(24)11(5-23)26-17/h1-4,7-8,11,13-14,17,23-25H,5-6H2/t11-,13-,14-,17-/m1/s1. The molecule has 0 bridgehead atoms. The number of aromatic nitrogens is 4. The average Bonchev–Trinajstić information content (AvgIpc) is 3.23. The van der Waals surface area contributed by atoms with E-state index in [2.05, 4.69) is 30.9 Å². The van der Waals surface area contributed by atoms with Crippen LogP contribution in [0.25, 0.3) is 11.2 Å². The van der Waals surface area contributed by atoms with Crippen LogP contribution in [0.3, 0.4) is 0 Å². The van der Waals surface area contributed by atoms with Gasteiger partial charge < -0.3 is 20.1 Å². The van der Waals surface area contributed by atoms with Crippen LogP contribution in [0.15, 0.2) is 46.4 Å². The number of benzene rings is 1. The second-order valence-corrected chi connectivity index (χ2v) is 8.03. The van der Waals surface area contributed by atoms with E-state index in [-0.39, 0.29) is 6.61 Å². The van der Waals surface area contributed by atoms with Crippen molar-refractivity contribution in [2.75, 3.05) is 6.61 Å². The van der Waals surface area contributed by atoms with E-state index < -0.39 is 24.5 Å². The summed E-state index contributed by atoms with van der Waals surface area (Å²) in [6.07, 6.45) is -1.15. The Kier molecular flexibility index (Phi) is 5.44. The molecule has 0 aliphatic carbocycles. The molecule has 10 heteroatoms. The van der Waals surface area contributed by atoms with Crippen LogP contribution in [0, 0.1) is 0 Å². The molecule has 1 aliphatic heterocycles. The Labute approximate surface area is 167 Å². The van der Waals surface area contributed by atoms with E-state index in [9.17, 15) is 15.3 Å². The van der Waals surface area contributed by atoms with Gasteiger partial charge in [0, 0.05) is 10.2 Å². The first kappa shape index (κ1) is 18.8. The van der Waals surface area contributed by atoms with E-state index in [0.29, 0.717) is 16.2 Å². The Hall–Kier alpha value is -1.56. The van der Waals surface area contributed by atoms with E-state index >= 15 is 0 Å². The minimum atomic E-state index is -1.19. The molecule has 4 rings (SSSR count). The predicted octanol–water partition coefficient (Wildman–Crippen LogP) is 1.49. The van der Waals surface area contributed by atoms with Crippen molar-refractivity contribution in [3.8, 4) is 0 Å². The van der Waals surface area contributed by atoms with Gasteiger partial charge in [0.05, 0.1) is 12.9 Å². The van der Waals surface area contributed by atoms with Gasteiger partial charge in [-0.15, -0.1) is 0 Å². The maximum absolute atomic E-state index is 10.2. The minimum absolute atomic E-state index is 0.384. The Balaban J connectivity index is 1.59. The number of aliphatic hydroxyl groups excluding tert-OH is 3. The topological polar surface area (TPSA) is 114 Å². The number of thioether (sulfide) groups is 1. The lowest BCUT2D eigenvalue weighted by Gasteiger charge is -2.16. The molecule has 2 aromatic heterocycles. The molecule has 4 atom stereocenters. The van der Waals surface area contributed by atoms with Crippen LogP contribution in [-0.4, -0.2) is 59.8 Å².